The van der Waals surface area contributed by atoms with Crippen molar-refractivity contribution >= 4 is 19.0 Å². The molecule has 0 heterocycles. The van der Waals surface area contributed by atoms with E-state index in [0.717, 1.165) is 0 Å². The molecule has 0 saturated carbocycles. The quantitative estimate of drug-likeness (QED) is 0.273. The van der Waals surface area contributed by atoms with E-state index in [4.69, 9.17) is 0 Å². The van der Waals surface area contributed by atoms with Crippen LogP contribution in [0.1, 0.15) is 0 Å². The smallest absolute Gasteiger partial charge is 0.227 e. The Labute approximate surface area is 36.9 Å². The molecule has 0 aromatic carbocycles. The van der Waals surface area contributed by atoms with Gasteiger partial charge in [-0.25, -0.2) is 0 Å². The second kappa shape index (κ2) is 3.95. The van der Waals surface area contributed by atoms with Gasteiger partial charge in [-0.2, -0.15) is 0 Å². The van der Waals surface area contributed by atoms with Crippen LogP contribution in [0, 0.1) is 0 Å². The van der Waals surface area contributed by atoms with Gasteiger partial charge in [-0.05, 0) is 11.9 Å². The van der Waals surface area contributed by atoms with Crippen molar-refractivity contribution in [2.75, 3.05) is 0 Å². The van der Waals surface area contributed by atoms with Crippen LogP contribution in [0.5, 0.6) is 0 Å². The van der Waals surface area contributed by atoms with Crippen LogP contribution in [0.15, 0.2) is 12.8 Å². The van der Waals surface area contributed by atoms with Crippen LogP contribution in [0.4, 0.5) is 0 Å². The predicted octanol–water partition coefficient (Wildman–Crippen LogP) is 0.343. The van der Waals surface area contributed by atoms with Gasteiger partial charge in [0.2, 0.25) is 7.12 Å². The van der Waals surface area contributed by atoms with Gasteiger partial charge >= 0.3 is 0 Å². The molecule has 0 aliphatic heterocycles. The summed E-state index contributed by atoms with van der Waals surface area (Å²) in [4.78, 5) is 0. The first-order valence-corrected chi connectivity index (χ1v) is 2.37. The second-order valence-corrected chi connectivity index (χ2v) is 0.955. The Hall–Kier alpha value is -0.0451. The molecule has 0 rings (SSSR count). The highest BCUT2D eigenvalue weighted by atomic mass is 32.2. The van der Waals surface area contributed by atoms with Crippen LogP contribution >= 0.6 is 11.9 Å². The van der Waals surface area contributed by atoms with Crippen molar-refractivity contribution < 1.29 is 4.18 Å². The zero-order chi connectivity index (χ0) is 4.12. The molecule has 0 fully saturated rings. The standard InChI is InChI=1S/C2H5BOS/c1-2-4-5-3/h2H,1,3H2. The molecule has 3 heteroatoms. The van der Waals surface area contributed by atoms with E-state index in [9.17, 15) is 0 Å². The summed E-state index contributed by atoms with van der Waals surface area (Å²) in [6.45, 7) is 3.31. The Morgan fingerprint density at radius 3 is 2.60 bits per heavy atom. The SMILES string of the molecule is BSOC=C. The summed E-state index contributed by atoms with van der Waals surface area (Å²) in [6.07, 6.45) is 1.39. The van der Waals surface area contributed by atoms with E-state index in [2.05, 4.69) is 10.8 Å². The first kappa shape index (κ1) is 4.95. The van der Waals surface area contributed by atoms with Crippen molar-refractivity contribution in [3.05, 3.63) is 12.8 Å². The molecule has 0 radical (unpaired) electrons. The van der Waals surface area contributed by atoms with Crippen molar-refractivity contribution in [3.63, 3.8) is 0 Å². The van der Waals surface area contributed by atoms with Gasteiger partial charge in [0.1, 0.15) is 0 Å². The molecule has 0 aromatic heterocycles. The molecule has 0 atom stereocenters. The van der Waals surface area contributed by atoms with Gasteiger partial charge in [-0.3, -0.25) is 0 Å². The van der Waals surface area contributed by atoms with Crippen LogP contribution in [-0.2, 0) is 4.18 Å². The van der Waals surface area contributed by atoms with Crippen molar-refractivity contribution in [1.29, 1.82) is 0 Å². The third-order valence-electron chi connectivity index (χ3n) is 0.164. The molecule has 0 aliphatic carbocycles. The largest absolute Gasteiger partial charge is 0.447 e. The zero-order valence-corrected chi connectivity index (χ0v) is 3.92. The third-order valence-corrected chi connectivity index (χ3v) is 0.493. The van der Waals surface area contributed by atoms with Gasteiger partial charge in [-0.15, -0.1) is 0 Å². The Morgan fingerprint density at radius 2 is 2.60 bits per heavy atom. The van der Waals surface area contributed by atoms with Gasteiger partial charge in [0.05, 0.1) is 6.26 Å². The minimum atomic E-state index is 1.28. The lowest BCUT2D eigenvalue weighted by Crippen LogP contribution is -1.54. The van der Waals surface area contributed by atoms with Crippen LogP contribution in [0.2, 0.25) is 0 Å². The predicted molar refractivity (Wildman–Crippen MR) is 27.4 cm³/mol. The maximum absolute atomic E-state index is 4.51. The topological polar surface area (TPSA) is 9.23 Å². The Bertz CT molecular complexity index is 30.8. The highest BCUT2D eigenvalue weighted by Gasteiger charge is 1.58. The third kappa shape index (κ3) is 3.95. The fourth-order valence-corrected chi connectivity index (χ4v) is 0.204. The fraction of sp³-hybridized carbons (Fsp3) is 0. The van der Waals surface area contributed by atoms with Gasteiger partial charge in [0, 0.05) is 0 Å². The number of rotatable bonds is 2. The molecule has 0 amide bonds. The molecule has 0 aliphatic rings. The van der Waals surface area contributed by atoms with Crippen molar-refractivity contribution in [2.45, 2.75) is 0 Å². The van der Waals surface area contributed by atoms with E-state index in [0.29, 0.717) is 0 Å². The van der Waals surface area contributed by atoms with Gasteiger partial charge in [0.25, 0.3) is 0 Å². The van der Waals surface area contributed by atoms with E-state index in [1.54, 1.807) is 0 Å². The summed E-state index contributed by atoms with van der Waals surface area (Å²) in [6, 6.07) is 0. The minimum absolute atomic E-state index is 1.28. The van der Waals surface area contributed by atoms with E-state index >= 15 is 0 Å². The Balaban J connectivity index is 2.40. The van der Waals surface area contributed by atoms with Crippen molar-refractivity contribution in [3.8, 4) is 0 Å². The summed E-state index contributed by atoms with van der Waals surface area (Å²) in [5, 5.41) is 0. The lowest BCUT2D eigenvalue weighted by molar-refractivity contribution is 0.577. The first-order valence-electron chi connectivity index (χ1n) is 1.22. The Morgan fingerprint density at radius 1 is 2.00 bits per heavy atom. The molecular formula is C2H5BOS. The number of hydrogen-bond acceptors (Lipinski definition) is 2. The van der Waals surface area contributed by atoms with Crippen LogP contribution in [-0.4, -0.2) is 7.12 Å². The summed E-state index contributed by atoms with van der Waals surface area (Å²) < 4.78 is 4.51. The normalized spacial score (nSPS) is 6.40. The molecule has 0 aromatic rings. The first-order chi connectivity index (χ1) is 2.41. The van der Waals surface area contributed by atoms with Gasteiger partial charge in [0.15, 0.2) is 0 Å². The molecule has 0 bridgehead atoms. The zero-order valence-electron chi connectivity index (χ0n) is 3.10. The lowest BCUT2D eigenvalue weighted by atomic mass is 10.8. The maximum atomic E-state index is 4.51. The monoisotopic (exact) mass is 88.0 g/mol. The average molecular weight is 87.9 g/mol. The summed E-state index contributed by atoms with van der Waals surface area (Å²) in [7, 11) is 1.84. The van der Waals surface area contributed by atoms with Crippen molar-refractivity contribution in [2.24, 2.45) is 0 Å². The van der Waals surface area contributed by atoms with E-state index < -0.39 is 0 Å². The molecule has 0 unspecified atom stereocenters. The summed E-state index contributed by atoms with van der Waals surface area (Å²) in [5.74, 6) is 0. The lowest BCUT2D eigenvalue weighted by Gasteiger charge is -1.82. The Kier molecular flexibility index (Phi) is 3.92. The summed E-state index contributed by atoms with van der Waals surface area (Å²) in [5.41, 5.74) is 0. The highest BCUT2D eigenvalue weighted by Crippen LogP contribution is 1.89. The fourth-order valence-electron chi connectivity index (χ4n) is 0.0680. The number of hydrogen-bond donors (Lipinski definition) is 0. The maximum Gasteiger partial charge on any atom is 0.227 e. The molecule has 0 saturated heterocycles. The second-order valence-electron chi connectivity index (χ2n) is 0.430. The van der Waals surface area contributed by atoms with E-state index in [-0.39, 0.29) is 0 Å². The van der Waals surface area contributed by atoms with Crippen molar-refractivity contribution in [1.82, 2.24) is 0 Å². The van der Waals surface area contributed by atoms with E-state index in [1.165, 1.54) is 18.2 Å². The summed E-state index contributed by atoms with van der Waals surface area (Å²) >= 11 is 1.28. The van der Waals surface area contributed by atoms with Crippen LogP contribution in [0.25, 0.3) is 0 Å². The molecule has 0 spiro atoms. The molecule has 0 N–H and O–H groups in total. The molecular weight excluding hydrogens is 82.9 g/mol. The van der Waals surface area contributed by atoms with Gasteiger partial charge < -0.3 is 4.18 Å². The molecule has 1 nitrogen and oxygen atoms in total. The average Bonchev–Trinajstić information content (AvgIpc) is 1.41. The van der Waals surface area contributed by atoms with Gasteiger partial charge in [-0.1, -0.05) is 6.58 Å². The molecule has 28 valence electrons. The molecule has 5 heavy (non-hydrogen) atoms. The minimum Gasteiger partial charge on any atom is -0.447 e. The van der Waals surface area contributed by atoms with E-state index in [1.807, 2.05) is 7.12 Å². The highest BCUT2D eigenvalue weighted by molar-refractivity contribution is 8.15. The van der Waals surface area contributed by atoms with Crippen LogP contribution < -0.4 is 0 Å². The van der Waals surface area contributed by atoms with Crippen LogP contribution in [0.3, 0.4) is 0 Å².